The second-order valence-electron chi connectivity index (χ2n) is 14.1. The molecule has 0 saturated carbocycles. The SMILES string of the molecule is Cc1cc2c(-c3cccc4ccccc34)cccc2[cH-]1.Cc1cc2c(-c3cccc4ccccc34)cccc2[cH-]1.[Cl][Hf]([Cl])=[Si](c1ccccc1)c1ccccc1. The first kappa shape index (κ1) is 38.1. The van der Waals surface area contributed by atoms with Crippen molar-refractivity contribution in [3.05, 3.63) is 217 Å². The van der Waals surface area contributed by atoms with E-state index in [4.69, 9.17) is 17.2 Å². The van der Waals surface area contributed by atoms with Gasteiger partial charge >= 0.3 is 111 Å². The number of aryl methyl sites for hydroxylation is 2. The summed E-state index contributed by atoms with van der Waals surface area (Å²) in [7, 11) is 12.7. The molecule has 0 amide bonds. The Balaban J connectivity index is 0.000000119. The van der Waals surface area contributed by atoms with E-state index in [1.165, 1.54) is 86.8 Å². The zero-order valence-electron chi connectivity index (χ0n) is 31.4. The normalized spacial score (nSPS) is 10.9. The third-order valence-corrected chi connectivity index (χ3v) is 32.0. The first-order valence-electron chi connectivity index (χ1n) is 18.9. The van der Waals surface area contributed by atoms with Crippen molar-refractivity contribution in [2.24, 2.45) is 0 Å². The van der Waals surface area contributed by atoms with Gasteiger partial charge in [0, 0.05) is 0 Å². The van der Waals surface area contributed by atoms with E-state index >= 15 is 0 Å². The van der Waals surface area contributed by atoms with Crippen molar-refractivity contribution >= 4 is 76.1 Å². The standard InChI is InChI=1S/2C20H15.C12H10Si.2ClH.Hf/c2*1-14-12-16-8-5-11-19(20(16)13-14)18-10-4-7-15-6-2-3-9-17(15)18;1-3-7-11(8-4-1)13-12-9-5-2-6-10-12;;;/h2*2-13H,1H3;1-10H;2*1H;/q2*-1;;;;+2/p-2. The van der Waals surface area contributed by atoms with Gasteiger partial charge in [-0.1, -0.05) is 122 Å². The number of benzene rings is 8. The summed E-state index contributed by atoms with van der Waals surface area (Å²) in [4.78, 5) is 0. The number of hydrogen-bond donors (Lipinski definition) is 0. The summed E-state index contributed by atoms with van der Waals surface area (Å²) in [5, 5.41) is 13.3. The molecule has 0 aliphatic carbocycles. The van der Waals surface area contributed by atoms with Crippen LogP contribution in [0.5, 0.6) is 0 Å². The molecule has 0 heterocycles. The minimum absolute atomic E-state index is 0.873. The van der Waals surface area contributed by atoms with E-state index in [0.29, 0.717) is 0 Å². The average molecular weight is 942 g/mol. The Morgan fingerprint density at radius 2 is 0.714 bits per heavy atom. The molecule has 0 saturated heterocycles. The summed E-state index contributed by atoms with van der Waals surface area (Å²) >= 11 is -2.41. The predicted molar refractivity (Wildman–Crippen MR) is 244 cm³/mol. The molecule has 0 atom stereocenters. The second-order valence-corrected chi connectivity index (χ2v) is 40.3. The van der Waals surface area contributed by atoms with Gasteiger partial charge in [-0.25, -0.2) is 0 Å². The molecule has 0 bridgehead atoms. The topological polar surface area (TPSA) is 0 Å². The molecule has 10 aromatic rings. The number of halogens is 2. The summed E-state index contributed by atoms with van der Waals surface area (Å²) in [6.45, 7) is 4.32. The molecular formula is C52H40Cl2HfSi-2. The fourth-order valence-electron chi connectivity index (χ4n) is 7.75. The third kappa shape index (κ3) is 8.31. The van der Waals surface area contributed by atoms with Crippen molar-refractivity contribution < 1.29 is 17.7 Å². The van der Waals surface area contributed by atoms with Gasteiger partial charge in [0.2, 0.25) is 0 Å². The Morgan fingerprint density at radius 3 is 1.12 bits per heavy atom. The number of fused-ring (bicyclic) bond motifs is 4. The molecule has 0 unspecified atom stereocenters. The number of hydrogen-bond acceptors (Lipinski definition) is 0. The Hall–Kier alpha value is -4.83. The van der Waals surface area contributed by atoms with Crippen molar-refractivity contribution in [2.45, 2.75) is 13.8 Å². The average Bonchev–Trinajstić information content (AvgIpc) is 3.82. The van der Waals surface area contributed by atoms with Crippen molar-refractivity contribution in [3.63, 3.8) is 0 Å². The summed E-state index contributed by atoms with van der Waals surface area (Å²) in [5.41, 5.74) is 7.07. The van der Waals surface area contributed by atoms with Crippen LogP contribution in [0.25, 0.3) is 65.3 Å². The fourth-order valence-corrected chi connectivity index (χ4v) is 28.6. The molecule has 0 aliphatic heterocycles. The van der Waals surface area contributed by atoms with E-state index in [0.717, 1.165) is 0 Å². The van der Waals surface area contributed by atoms with E-state index in [1.807, 2.05) is 12.1 Å². The maximum atomic E-state index is 6.34. The van der Waals surface area contributed by atoms with Crippen molar-refractivity contribution in [3.8, 4) is 22.3 Å². The summed E-state index contributed by atoms with van der Waals surface area (Å²) in [6.07, 6.45) is 0. The van der Waals surface area contributed by atoms with Gasteiger partial charge in [-0.05, 0) is 32.7 Å². The van der Waals surface area contributed by atoms with Crippen LogP contribution in [0.2, 0.25) is 0 Å². The van der Waals surface area contributed by atoms with Gasteiger partial charge in [0.15, 0.2) is 0 Å². The van der Waals surface area contributed by atoms with E-state index in [1.54, 1.807) is 0 Å². The first-order valence-corrected chi connectivity index (χ1v) is 34.7. The van der Waals surface area contributed by atoms with Gasteiger partial charge in [0.1, 0.15) is 0 Å². The molecule has 0 spiro atoms. The van der Waals surface area contributed by atoms with Crippen LogP contribution in [-0.2, 0) is 17.7 Å². The summed E-state index contributed by atoms with van der Waals surface area (Å²) < 4.78 is 0. The van der Waals surface area contributed by atoms with Crippen LogP contribution in [0, 0.1) is 13.8 Å². The molecule has 4 heteroatoms. The van der Waals surface area contributed by atoms with Gasteiger partial charge < -0.3 is 0 Å². The van der Waals surface area contributed by atoms with Crippen LogP contribution in [0.15, 0.2) is 206 Å². The van der Waals surface area contributed by atoms with Crippen molar-refractivity contribution in [1.82, 2.24) is 0 Å². The van der Waals surface area contributed by atoms with E-state index in [9.17, 15) is 0 Å². The molecule has 0 radical (unpaired) electrons. The van der Waals surface area contributed by atoms with Gasteiger partial charge in [0.05, 0.1) is 0 Å². The van der Waals surface area contributed by atoms with E-state index < -0.39 is 23.2 Å². The Bertz CT molecular complexity index is 2750. The van der Waals surface area contributed by atoms with Crippen molar-refractivity contribution in [2.75, 3.05) is 0 Å². The Kier molecular flexibility index (Phi) is 11.9. The molecule has 10 rings (SSSR count). The monoisotopic (exact) mass is 942 g/mol. The molecule has 0 fully saturated rings. The molecule has 56 heavy (non-hydrogen) atoms. The molecule has 0 N–H and O–H groups in total. The van der Waals surface area contributed by atoms with Gasteiger partial charge in [-0.15, -0.1) is 69.1 Å². The zero-order valence-corrected chi connectivity index (χ0v) is 37.5. The quantitative estimate of drug-likeness (QED) is 0.122. The van der Waals surface area contributed by atoms with Crippen LogP contribution in [0.4, 0.5) is 0 Å². The maximum absolute atomic E-state index is 6.34. The molecule has 0 aliphatic rings. The fraction of sp³-hybridized carbons (Fsp3) is 0.0385. The summed E-state index contributed by atoms with van der Waals surface area (Å²) in [6, 6.07) is 73.4. The molecule has 0 aromatic heterocycles. The van der Waals surface area contributed by atoms with Crippen LogP contribution < -0.4 is 10.4 Å². The first-order chi connectivity index (χ1) is 27.4. The van der Waals surface area contributed by atoms with Gasteiger partial charge in [-0.3, -0.25) is 0 Å². The predicted octanol–water partition coefficient (Wildman–Crippen LogP) is 14.1. The van der Waals surface area contributed by atoms with Crippen LogP contribution >= 0.6 is 17.2 Å². The third-order valence-electron chi connectivity index (χ3n) is 10.3. The molecule has 10 aromatic carbocycles. The Morgan fingerprint density at radius 1 is 0.375 bits per heavy atom. The van der Waals surface area contributed by atoms with E-state index in [2.05, 4.69) is 208 Å². The van der Waals surface area contributed by atoms with Gasteiger partial charge in [-0.2, -0.15) is 12.1 Å². The van der Waals surface area contributed by atoms with E-state index in [-0.39, 0.29) is 0 Å². The van der Waals surface area contributed by atoms with Gasteiger partial charge in [0.25, 0.3) is 0 Å². The molecular weight excluding hydrogens is 902 g/mol. The molecule has 272 valence electrons. The molecule has 0 nitrogen and oxygen atoms in total. The van der Waals surface area contributed by atoms with Crippen LogP contribution in [-0.4, -0.2) is 5.49 Å². The number of rotatable bonds is 4. The van der Waals surface area contributed by atoms with Crippen molar-refractivity contribution in [1.29, 1.82) is 0 Å². The van der Waals surface area contributed by atoms with Crippen LogP contribution in [0.3, 0.4) is 0 Å². The second kappa shape index (κ2) is 17.5. The Labute approximate surface area is 344 Å². The summed E-state index contributed by atoms with van der Waals surface area (Å²) in [5.74, 6) is 0. The van der Waals surface area contributed by atoms with Crippen LogP contribution in [0.1, 0.15) is 11.1 Å². The minimum atomic E-state index is -2.41. The zero-order chi connectivity index (χ0) is 38.4.